The molecule has 4 rings (SSSR count). The fourth-order valence-corrected chi connectivity index (χ4v) is 4.51. The molecule has 1 atom stereocenters. The molecule has 108 valence electrons. The molecule has 2 heterocycles. The third kappa shape index (κ3) is 1.97. The summed E-state index contributed by atoms with van der Waals surface area (Å²) < 4.78 is 2.18. The number of thiazole rings is 1. The van der Waals surface area contributed by atoms with Crippen molar-refractivity contribution in [2.45, 2.75) is 33.1 Å². The van der Waals surface area contributed by atoms with E-state index in [4.69, 9.17) is 10.7 Å². The van der Waals surface area contributed by atoms with Gasteiger partial charge in [-0.1, -0.05) is 36.8 Å². The van der Waals surface area contributed by atoms with Crippen LogP contribution in [-0.4, -0.2) is 9.38 Å². The summed E-state index contributed by atoms with van der Waals surface area (Å²) >= 11 is 1.81. The van der Waals surface area contributed by atoms with Gasteiger partial charge in [0.15, 0.2) is 4.96 Å². The van der Waals surface area contributed by atoms with Crippen LogP contribution in [0, 0.1) is 12.8 Å². The predicted molar refractivity (Wildman–Crippen MR) is 88.8 cm³/mol. The average molecular weight is 297 g/mol. The van der Waals surface area contributed by atoms with Gasteiger partial charge in [-0.2, -0.15) is 0 Å². The van der Waals surface area contributed by atoms with Crippen molar-refractivity contribution in [2.75, 3.05) is 5.73 Å². The number of hydrogen-bond acceptors (Lipinski definition) is 3. The second kappa shape index (κ2) is 4.60. The summed E-state index contributed by atoms with van der Waals surface area (Å²) in [6.07, 6.45) is 3.53. The third-order valence-electron chi connectivity index (χ3n) is 4.42. The topological polar surface area (TPSA) is 43.3 Å². The lowest BCUT2D eigenvalue weighted by molar-refractivity contribution is 0.499. The maximum absolute atomic E-state index is 6.42. The van der Waals surface area contributed by atoms with Crippen molar-refractivity contribution in [3.05, 3.63) is 40.4 Å². The van der Waals surface area contributed by atoms with Crippen molar-refractivity contribution in [1.82, 2.24) is 9.38 Å². The average Bonchev–Trinajstić information content (AvgIpc) is 2.96. The van der Waals surface area contributed by atoms with E-state index >= 15 is 0 Å². The Balaban J connectivity index is 1.88. The molecular formula is C17H19N3S. The van der Waals surface area contributed by atoms with Gasteiger partial charge in [0.2, 0.25) is 0 Å². The lowest BCUT2D eigenvalue weighted by atomic mass is 9.93. The van der Waals surface area contributed by atoms with Crippen LogP contribution in [0.25, 0.3) is 16.2 Å². The van der Waals surface area contributed by atoms with E-state index < -0.39 is 0 Å². The zero-order valence-electron chi connectivity index (χ0n) is 12.4. The summed E-state index contributed by atoms with van der Waals surface area (Å²) in [5, 5.41) is 0. The van der Waals surface area contributed by atoms with Crippen LogP contribution in [0.1, 0.15) is 29.5 Å². The summed E-state index contributed by atoms with van der Waals surface area (Å²) in [6.45, 7) is 4.42. The molecule has 0 amide bonds. The lowest BCUT2D eigenvalue weighted by Gasteiger charge is -2.17. The summed E-state index contributed by atoms with van der Waals surface area (Å²) in [7, 11) is 0. The van der Waals surface area contributed by atoms with E-state index in [0.29, 0.717) is 0 Å². The second-order valence-electron chi connectivity index (χ2n) is 6.15. The van der Waals surface area contributed by atoms with E-state index in [-0.39, 0.29) is 0 Å². The van der Waals surface area contributed by atoms with Gasteiger partial charge < -0.3 is 5.73 Å². The van der Waals surface area contributed by atoms with Crippen molar-refractivity contribution in [2.24, 2.45) is 5.92 Å². The number of aryl methyl sites for hydroxylation is 2. The Kier molecular flexibility index (Phi) is 2.82. The minimum absolute atomic E-state index is 0.777. The van der Waals surface area contributed by atoms with Crippen molar-refractivity contribution >= 4 is 22.1 Å². The molecule has 0 fully saturated rings. The first-order valence-electron chi connectivity index (χ1n) is 7.49. The van der Waals surface area contributed by atoms with Crippen molar-refractivity contribution < 1.29 is 0 Å². The second-order valence-corrected chi connectivity index (χ2v) is 7.21. The molecule has 1 aromatic carbocycles. The van der Waals surface area contributed by atoms with Crippen LogP contribution in [0.4, 0.5) is 5.82 Å². The van der Waals surface area contributed by atoms with Gasteiger partial charge in [-0.15, -0.1) is 11.3 Å². The van der Waals surface area contributed by atoms with Gasteiger partial charge in [-0.05, 0) is 32.1 Å². The van der Waals surface area contributed by atoms with E-state index in [0.717, 1.165) is 34.4 Å². The van der Waals surface area contributed by atoms with Crippen LogP contribution in [-0.2, 0) is 12.8 Å². The number of aromatic nitrogens is 2. The van der Waals surface area contributed by atoms with Gasteiger partial charge in [-0.3, -0.25) is 4.40 Å². The molecule has 2 aromatic heterocycles. The van der Waals surface area contributed by atoms with Crippen molar-refractivity contribution in [3.63, 3.8) is 0 Å². The highest BCUT2D eigenvalue weighted by Crippen LogP contribution is 2.37. The quantitative estimate of drug-likeness (QED) is 0.735. The molecule has 0 spiro atoms. The molecule has 2 N–H and O–H groups in total. The highest BCUT2D eigenvalue weighted by atomic mass is 32.1. The molecule has 4 heteroatoms. The van der Waals surface area contributed by atoms with Crippen LogP contribution >= 0.6 is 11.3 Å². The van der Waals surface area contributed by atoms with E-state index in [1.807, 2.05) is 11.3 Å². The van der Waals surface area contributed by atoms with Crippen molar-refractivity contribution in [1.29, 1.82) is 0 Å². The fourth-order valence-electron chi connectivity index (χ4n) is 3.17. The molecule has 21 heavy (non-hydrogen) atoms. The summed E-state index contributed by atoms with van der Waals surface area (Å²) in [4.78, 5) is 7.31. The molecule has 1 aliphatic carbocycles. The number of rotatable bonds is 1. The van der Waals surface area contributed by atoms with Gasteiger partial charge >= 0.3 is 0 Å². The third-order valence-corrected chi connectivity index (χ3v) is 5.53. The molecular weight excluding hydrogens is 278 g/mol. The first-order chi connectivity index (χ1) is 10.1. The minimum atomic E-state index is 0.777. The highest BCUT2D eigenvalue weighted by molar-refractivity contribution is 7.17. The Bertz CT molecular complexity index is 811. The number of benzene rings is 1. The summed E-state index contributed by atoms with van der Waals surface area (Å²) in [6, 6.07) is 8.43. The summed E-state index contributed by atoms with van der Waals surface area (Å²) in [5.41, 5.74) is 11.1. The summed E-state index contributed by atoms with van der Waals surface area (Å²) in [5.74, 6) is 1.57. The Labute approximate surface area is 128 Å². The molecule has 3 aromatic rings. The van der Waals surface area contributed by atoms with Gasteiger partial charge in [0.05, 0.1) is 0 Å². The molecule has 0 aliphatic heterocycles. The lowest BCUT2D eigenvalue weighted by Crippen LogP contribution is -2.11. The molecule has 0 saturated heterocycles. The maximum atomic E-state index is 6.42. The van der Waals surface area contributed by atoms with Crippen molar-refractivity contribution in [3.8, 4) is 11.3 Å². The van der Waals surface area contributed by atoms with E-state index in [9.17, 15) is 0 Å². The number of nitrogens with two attached hydrogens (primary N) is 1. The van der Waals surface area contributed by atoms with Gasteiger partial charge in [0.1, 0.15) is 11.5 Å². The van der Waals surface area contributed by atoms with Crippen LogP contribution in [0.5, 0.6) is 0 Å². The van der Waals surface area contributed by atoms with E-state index in [1.54, 1.807) is 0 Å². The molecule has 0 saturated carbocycles. The standard InChI is InChI=1S/C17H19N3S/c1-10-3-6-12(7-4-10)15-16(18)20-13-8-5-11(2)9-14(13)21-17(20)19-15/h3-4,6-7,11H,5,8-9,18H2,1-2H3. The highest BCUT2D eigenvalue weighted by Gasteiger charge is 2.24. The molecule has 1 unspecified atom stereocenters. The zero-order valence-corrected chi connectivity index (χ0v) is 13.2. The normalized spacial score (nSPS) is 18.1. The fraction of sp³-hybridized carbons (Fsp3) is 0.353. The van der Waals surface area contributed by atoms with Crippen LogP contribution < -0.4 is 5.73 Å². The number of nitrogen functional groups attached to an aromatic ring is 1. The van der Waals surface area contributed by atoms with Gasteiger partial charge in [-0.25, -0.2) is 4.98 Å². The number of hydrogen-bond donors (Lipinski definition) is 1. The number of fused-ring (bicyclic) bond motifs is 3. The van der Waals surface area contributed by atoms with Crippen LogP contribution in [0.2, 0.25) is 0 Å². The number of nitrogens with zero attached hydrogens (tertiary/aromatic N) is 2. The van der Waals surface area contributed by atoms with E-state index in [2.05, 4.69) is 42.5 Å². The molecule has 3 nitrogen and oxygen atoms in total. The first-order valence-corrected chi connectivity index (χ1v) is 8.30. The Morgan fingerprint density at radius 2 is 2.05 bits per heavy atom. The largest absolute Gasteiger partial charge is 0.383 e. The van der Waals surface area contributed by atoms with E-state index in [1.165, 1.54) is 29.0 Å². The van der Waals surface area contributed by atoms with Gasteiger partial charge in [0.25, 0.3) is 0 Å². The predicted octanol–water partition coefficient (Wildman–Crippen LogP) is 4.08. The Morgan fingerprint density at radius 3 is 2.81 bits per heavy atom. The Morgan fingerprint density at radius 1 is 1.29 bits per heavy atom. The zero-order chi connectivity index (χ0) is 14.6. The van der Waals surface area contributed by atoms with Gasteiger partial charge in [0, 0.05) is 16.1 Å². The van der Waals surface area contributed by atoms with Crippen LogP contribution in [0.15, 0.2) is 24.3 Å². The SMILES string of the molecule is Cc1ccc(-c2nc3sc4c(n3c2N)CCC(C)C4)cc1. The number of anilines is 1. The van der Waals surface area contributed by atoms with Crippen LogP contribution in [0.3, 0.4) is 0 Å². The molecule has 1 aliphatic rings. The first kappa shape index (κ1) is 12.9. The minimum Gasteiger partial charge on any atom is -0.383 e. The smallest absolute Gasteiger partial charge is 0.196 e. The molecule has 0 radical (unpaired) electrons. The maximum Gasteiger partial charge on any atom is 0.196 e. The number of imidazole rings is 1. The molecule has 0 bridgehead atoms. The Hall–Kier alpha value is -1.81. The monoisotopic (exact) mass is 297 g/mol.